The summed E-state index contributed by atoms with van der Waals surface area (Å²) < 4.78 is 32.6. The Labute approximate surface area is 149 Å². The van der Waals surface area contributed by atoms with Gasteiger partial charge in [-0.25, -0.2) is 8.42 Å². The van der Waals surface area contributed by atoms with Crippen molar-refractivity contribution >= 4 is 16.1 Å². The quantitative estimate of drug-likeness (QED) is 0.793. The number of sulfonamides is 1. The van der Waals surface area contributed by atoms with Gasteiger partial charge in [0.15, 0.2) is 0 Å². The van der Waals surface area contributed by atoms with E-state index in [2.05, 4.69) is 0 Å². The summed E-state index contributed by atoms with van der Waals surface area (Å²) in [6, 6.07) is 15.7. The number of rotatable bonds is 6. The molecule has 0 bridgehead atoms. The minimum Gasteiger partial charge on any atom is -0.492 e. The molecular weight excluding hydrogens is 334 g/mol. The number of aryl methyl sites for hydroxylation is 2. The Morgan fingerprint density at radius 2 is 1.76 bits per heavy atom. The summed E-state index contributed by atoms with van der Waals surface area (Å²) in [6.45, 7) is 2.65. The number of allylic oxidation sites excluding steroid dienone is 1. The predicted molar refractivity (Wildman–Crippen MR) is 101 cm³/mol. The maximum absolute atomic E-state index is 12.8. The van der Waals surface area contributed by atoms with E-state index in [1.165, 1.54) is 9.87 Å². The van der Waals surface area contributed by atoms with Crippen molar-refractivity contribution < 1.29 is 13.2 Å². The van der Waals surface area contributed by atoms with Gasteiger partial charge in [0.05, 0.1) is 4.91 Å². The van der Waals surface area contributed by atoms with Gasteiger partial charge in [-0.15, -0.1) is 0 Å². The normalized spacial score (nSPS) is 14.1. The molecule has 2 aromatic carbocycles. The summed E-state index contributed by atoms with van der Waals surface area (Å²) in [5.41, 5.74) is 3.36. The molecule has 4 nitrogen and oxygen atoms in total. The Kier molecular flexibility index (Phi) is 5.25. The van der Waals surface area contributed by atoms with Gasteiger partial charge < -0.3 is 4.74 Å². The minimum atomic E-state index is -3.45. The molecule has 5 heteroatoms. The summed E-state index contributed by atoms with van der Waals surface area (Å²) >= 11 is 0. The maximum atomic E-state index is 12.8. The lowest BCUT2D eigenvalue weighted by molar-refractivity contribution is 0.287. The van der Waals surface area contributed by atoms with E-state index in [1.807, 2.05) is 55.5 Å². The molecule has 3 rings (SSSR count). The first-order valence-corrected chi connectivity index (χ1v) is 9.85. The highest BCUT2D eigenvalue weighted by Gasteiger charge is 2.25. The van der Waals surface area contributed by atoms with Crippen molar-refractivity contribution in [3.63, 3.8) is 0 Å². The van der Waals surface area contributed by atoms with Crippen LogP contribution in [0.15, 0.2) is 53.4 Å². The fraction of sp³-hybridized carbons (Fsp3) is 0.300. The van der Waals surface area contributed by atoms with Crippen molar-refractivity contribution in [3.8, 4) is 5.75 Å². The molecule has 0 atom stereocenters. The van der Waals surface area contributed by atoms with Gasteiger partial charge in [0.1, 0.15) is 12.4 Å². The van der Waals surface area contributed by atoms with E-state index in [1.54, 1.807) is 13.1 Å². The van der Waals surface area contributed by atoms with Crippen molar-refractivity contribution in [2.45, 2.75) is 19.8 Å². The van der Waals surface area contributed by atoms with Gasteiger partial charge in [0.25, 0.3) is 0 Å². The van der Waals surface area contributed by atoms with Gasteiger partial charge in [-0.1, -0.05) is 42.0 Å². The molecule has 0 aromatic heterocycles. The molecule has 0 spiro atoms. The highest BCUT2D eigenvalue weighted by molar-refractivity contribution is 7.93. The van der Waals surface area contributed by atoms with E-state index in [0.29, 0.717) is 24.5 Å². The first-order chi connectivity index (χ1) is 12.0. The van der Waals surface area contributed by atoms with E-state index < -0.39 is 10.0 Å². The van der Waals surface area contributed by atoms with Crippen LogP contribution in [-0.4, -0.2) is 32.9 Å². The highest BCUT2D eigenvalue weighted by Crippen LogP contribution is 2.28. The molecule has 2 aromatic rings. The fourth-order valence-electron chi connectivity index (χ4n) is 2.86. The zero-order valence-corrected chi connectivity index (χ0v) is 15.4. The number of fused-ring (bicyclic) bond motifs is 1. The van der Waals surface area contributed by atoms with Crippen LogP contribution in [-0.2, 0) is 16.4 Å². The fourth-order valence-corrected chi connectivity index (χ4v) is 4.21. The highest BCUT2D eigenvalue weighted by atomic mass is 32.2. The summed E-state index contributed by atoms with van der Waals surface area (Å²) in [5, 5.41) is 0. The number of ether oxygens (including phenoxy) is 1. The van der Waals surface area contributed by atoms with Gasteiger partial charge in [-0.3, -0.25) is 0 Å². The van der Waals surface area contributed by atoms with Crippen LogP contribution in [0, 0.1) is 6.92 Å². The number of likely N-dealkylation sites (N-methyl/N-ethyl adjacent to an activating group) is 1. The number of benzene rings is 2. The van der Waals surface area contributed by atoms with Crippen LogP contribution in [0.2, 0.25) is 0 Å². The monoisotopic (exact) mass is 357 g/mol. The molecular formula is C20H23NO3S. The minimum absolute atomic E-state index is 0.315. The average molecular weight is 357 g/mol. The van der Waals surface area contributed by atoms with Gasteiger partial charge >= 0.3 is 0 Å². The molecule has 0 radical (unpaired) electrons. The molecule has 0 N–H and O–H groups in total. The zero-order valence-electron chi connectivity index (χ0n) is 14.6. The third-order valence-corrected chi connectivity index (χ3v) is 6.44. The average Bonchev–Trinajstić information content (AvgIpc) is 2.62. The second-order valence-electron chi connectivity index (χ2n) is 6.30. The van der Waals surface area contributed by atoms with E-state index >= 15 is 0 Å². The molecule has 0 aliphatic heterocycles. The first kappa shape index (κ1) is 17.7. The van der Waals surface area contributed by atoms with Crippen LogP contribution in [0.1, 0.15) is 23.1 Å². The van der Waals surface area contributed by atoms with E-state index in [0.717, 1.165) is 23.3 Å². The smallest absolute Gasteiger partial charge is 0.239 e. The molecule has 1 aliphatic carbocycles. The Morgan fingerprint density at radius 3 is 2.52 bits per heavy atom. The topological polar surface area (TPSA) is 46.6 Å². The molecule has 0 saturated heterocycles. The van der Waals surface area contributed by atoms with Crippen molar-refractivity contribution in [1.29, 1.82) is 0 Å². The predicted octanol–water partition coefficient (Wildman–Crippen LogP) is 3.62. The zero-order chi connectivity index (χ0) is 17.9. The molecule has 0 amide bonds. The third kappa shape index (κ3) is 4.11. The number of hydrogen-bond acceptors (Lipinski definition) is 3. The van der Waals surface area contributed by atoms with E-state index in [9.17, 15) is 8.42 Å². The molecule has 25 heavy (non-hydrogen) atoms. The van der Waals surface area contributed by atoms with Crippen molar-refractivity contribution in [2.75, 3.05) is 20.2 Å². The van der Waals surface area contributed by atoms with Crippen LogP contribution in [0.3, 0.4) is 0 Å². The lowest BCUT2D eigenvalue weighted by atomic mass is 9.98. The lowest BCUT2D eigenvalue weighted by Gasteiger charge is -2.22. The van der Waals surface area contributed by atoms with Crippen LogP contribution in [0.25, 0.3) is 6.08 Å². The molecule has 132 valence electrons. The van der Waals surface area contributed by atoms with Crippen LogP contribution in [0.4, 0.5) is 0 Å². The Bertz CT molecular complexity index is 870. The number of nitrogens with zero attached hydrogens (tertiary/aromatic N) is 1. The first-order valence-electron chi connectivity index (χ1n) is 8.41. The van der Waals surface area contributed by atoms with Gasteiger partial charge in [0, 0.05) is 13.6 Å². The summed E-state index contributed by atoms with van der Waals surface area (Å²) in [6.07, 6.45) is 3.10. The standard InChI is InChI=1S/C20H23NO3S/c1-16-7-10-19(11-8-16)24-14-13-21(2)25(22,23)20-12-9-17-5-3-4-6-18(17)15-20/h3-8,10-11,15H,9,12-14H2,1-2H3. The van der Waals surface area contributed by atoms with E-state index in [-0.39, 0.29) is 0 Å². The summed E-state index contributed by atoms with van der Waals surface area (Å²) in [5.74, 6) is 0.752. The molecule has 1 aliphatic rings. The Hall–Kier alpha value is -2.11. The molecule has 0 unspecified atom stereocenters. The number of hydrogen-bond donors (Lipinski definition) is 0. The Balaban J connectivity index is 1.64. The molecule has 0 heterocycles. The molecule has 0 saturated carbocycles. The van der Waals surface area contributed by atoms with Gasteiger partial charge in [-0.05, 0) is 49.1 Å². The van der Waals surface area contributed by atoms with Crippen molar-refractivity contribution in [2.24, 2.45) is 0 Å². The van der Waals surface area contributed by atoms with Crippen LogP contribution < -0.4 is 4.74 Å². The van der Waals surface area contributed by atoms with Gasteiger partial charge in [-0.2, -0.15) is 4.31 Å². The van der Waals surface area contributed by atoms with Gasteiger partial charge in [0.2, 0.25) is 10.0 Å². The van der Waals surface area contributed by atoms with Crippen LogP contribution in [0.5, 0.6) is 5.75 Å². The second-order valence-corrected chi connectivity index (χ2v) is 8.40. The Morgan fingerprint density at radius 1 is 1.04 bits per heavy atom. The maximum Gasteiger partial charge on any atom is 0.239 e. The summed E-state index contributed by atoms with van der Waals surface area (Å²) in [7, 11) is -1.85. The lowest BCUT2D eigenvalue weighted by Crippen LogP contribution is -2.32. The van der Waals surface area contributed by atoms with Crippen molar-refractivity contribution in [3.05, 3.63) is 70.1 Å². The molecule has 0 fully saturated rings. The second kappa shape index (κ2) is 7.42. The summed E-state index contributed by atoms with van der Waals surface area (Å²) in [4.78, 5) is 0.476. The SMILES string of the molecule is Cc1ccc(OCCN(C)S(=O)(=O)C2=Cc3ccccc3CC2)cc1. The van der Waals surface area contributed by atoms with Crippen LogP contribution >= 0.6 is 0 Å². The van der Waals surface area contributed by atoms with Crippen molar-refractivity contribution in [1.82, 2.24) is 4.31 Å². The largest absolute Gasteiger partial charge is 0.492 e. The third-order valence-electron chi connectivity index (χ3n) is 4.45. The van der Waals surface area contributed by atoms with E-state index in [4.69, 9.17) is 4.74 Å².